The molecule has 0 spiro atoms. The van der Waals surface area contributed by atoms with Gasteiger partial charge in [0.1, 0.15) is 5.75 Å². The van der Waals surface area contributed by atoms with Gasteiger partial charge in [0.25, 0.3) is 5.56 Å². The maximum Gasteiger partial charge on any atom is 0.271 e. The van der Waals surface area contributed by atoms with E-state index in [0.717, 1.165) is 43.6 Å². The molecule has 0 bridgehead atoms. The highest BCUT2D eigenvalue weighted by molar-refractivity contribution is 9.11. The predicted molar refractivity (Wildman–Crippen MR) is 145 cm³/mol. The van der Waals surface area contributed by atoms with Crippen molar-refractivity contribution >= 4 is 66.3 Å². The van der Waals surface area contributed by atoms with Crippen molar-refractivity contribution in [2.45, 2.75) is 18.9 Å². The average Bonchev–Trinajstić information content (AvgIpc) is 3.46. The van der Waals surface area contributed by atoms with Crippen LogP contribution in [-0.2, 0) is 6.42 Å². The highest BCUT2D eigenvalue weighted by atomic mass is 79.9. The number of hydrogen-bond acceptors (Lipinski definition) is 5. The van der Waals surface area contributed by atoms with E-state index in [9.17, 15) is 4.79 Å². The number of aryl methyl sites for hydroxylation is 1. The predicted octanol–water partition coefficient (Wildman–Crippen LogP) is 5.91. The number of ether oxygens (including phenoxy) is 1. The average molecular weight is 614 g/mol. The van der Waals surface area contributed by atoms with Crippen molar-refractivity contribution in [3.8, 4) is 5.75 Å². The third-order valence-corrected chi connectivity index (χ3v) is 9.29. The Balaban J connectivity index is 1.59. The molecule has 0 N–H and O–H groups in total. The van der Waals surface area contributed by atoms with Gasteiger partial charge in [-0.15, -0.1) is 11.3 Å². The quantitative estimate of drug-likeness (QED) is 0.288. The first-order valence-electron chi connectivity index (χ1n) is 10.7. The monoisotopic (exact) mass is 612 g/mol. The summed E-state index contributed by atoms with van der Waals surface area (Å²) in [5, 5.41) is 2.08. The van der Waals surface area contributed by atoms with E-state index in [1.165, 1.54) is 32.9 Å². The van der Waals surface area contributed by atoms with Gasteiger partial charge in [-0.2, -0.15) is 0 Å². The summed E-state index contributed by atoms with van der Waals surface area (Å²) >= 11 is 10.3. The van der Waals surface area contributed by atoms with Gasteiger partial charge >= 0.3 is 0 Å². The van der Waals surface area contributed by atoms with Crippen molar-refractivity contribution in [1.29, 1.82) is 0 Å². The van der Waals surface area contributed by atoms with Gasteiger partial charge in [-0.1, -0.05) is 41.7 Å². The number of thiazole rings is 1. The van der Waals surface area contributed by atoms with E-state index in [2.05, 4.69) is 73.6 Å². The van der Waals surface area contributed by atoms with Crippen LogP contribution in [0.25, 0.3) is 11.8 Å². The van der Waals surface area contributed by atoms with Crippen molar-refractivity contribution in [3.05, 3.63) is 110 Å². The van der Waals surface area contributed by atoms with Gasteiger partial charge in [0, 0.05) is 10.4 Å². The number of nitrogens with zero attached hydrogens (tertiary/aromatic N) is 2. The summed E-state index contributed by atoms with van der Waals surface area (Å²) in [5.74, 6) is 0.725. The molecular weight excluding hydrogens is 596 g/mol. The lowest BCUT2D eigenvalue weighted by atomic mass is 9.85. The van der Waals surface area contributed by atoms with Crippen LogP contribution >= 0.6 is 54.5 Å². The highest BCUT2D eigenvalue weighted by Crippen LogP contribution is 2.42. The summed E-state index contributed by atoms with van der Waals surface area (Å²) in [7, 11) is 1.63. The molecule has 0 fully saturated rings. The third-order valence-electron chi connectivity index (χ3n) is 6.21. The van der Waals surface area contributed by atoms with Gasteiger partial charge in [0.05, 0.1) is 32.3 Å². The lowest BCUT2D eigenvalue weighted by Gasteiger charge is -2.30. The molecule has 3 heterocycles. The Morgan fingerprint density at radius 1 is 1.12 bits per heavy atom. The van der Waals surface area contributed by atoms with E-state index in [0.29, 0.717) is 4.53 Å². The number of halogens is 2. The molecule has 0 unspecified atom stereocenters. The van der Waals surface area contributed by atoms with Gasteiger partial charge in [0.15, 0.2) is 4.80 Å². The van der Waals surface area contributed by atoms with Gasteiger partial charge in [0.2, 0.25) is 0 Å². The zero-order valence-corrected chi connectivity index (χ0v) is 22.9. The number of rotatable bonds is 3. The van der Waals surface area contributed by atoms with Gasteiger partial charge in [-0.25, -0.2) is 4.99 Å². The Morgan fingerprint density at radius 2 is 1.91 bits per heavy atom. The molecular formula is C26H18Br2N2O2S2. The number of allylic oxidation sites excluding steroid dienone is 1. The molecule has 0 amide bonds. The molecule has 170 valence electrons. The summed E-state index contributed by atoms with van der Waals surface area (Å²) in [6.07, 6.45) is 3.80. The fourth-order valence-electron chi connectivity index (χ4n) is 4.73. The van der Waals surface area contributed by atoms with Crippen LogP contribution in [0.3, 0.4) is 0 Å². The Bertz CT molecular complexity index is 1630. The number of hydrogen-bond donors (Lipinski definition) is 0. The molecule has 0 saturated heterocycles. The Labute approximate surface area is 220 Å². The number of methoxy groups -OCH3 is 1. The van der Waals surface area contributed by atoms with E-state index < -0.39 is 0 Å². The Morgan fingerprint density at radius 3 is 2.65 bits per heavy atom. The van der Waals surface area contributed by atoms with E-state index >= 15 is 0 Å². The minimum atomic E-state index is -0.115. The van der Waals surface area contributed by atoms with Crippen molar-refractivity contribution in [2.75, 3.05) is 7.11 Å². The minimum Gasteiger partial charge on any atom is -0.494 e. The summed E-state index contributed by atoms with van der Waals surface area (Å²) in [6, 6.07) is 16.5. The SMILES string of the molecule is COc1c(Br)cc(/C=c2\sc3n(c2=O)[C@H](c2cccs2)C2=C(N=3)c3ccccc3CC2)cc1Br. The summed E-state index contributed by atoms with van der Waals surface area (Å²) in [4.78, 5) is 20.7. The Kier molecular flexibility index (Phi) is 5.72. The van der Waals surface area contributed by atoms with Crippen molar-refractivity contribution in [2.24, 2.45) is 4.99 Å². The van der Waals surface area contributed by atoms with Crippen LogP contribution in [0, 0.1) is 0 Å². The fraction of sp³-hybridized carbons (Fsp3) is 0.154. The van der Waals surface area contributed by atoms with Crippen molar-refractivity contribution < 1.29 is 4.74 Å². The van der Waals surface area contributed by atoms with Crippen LogP contribution in [0.1, 0.15) is 34.0 Å². The molecule has 34 heavy (non-hydrogen) atoms. The van der Waals surface area contributed by atoms with Gasteiger partial charge in [-0.3, -0.25) is 9.36 Å². The normalized spacial score (nSPS) is 17.1. The van der Waals surface area contributed by atoms with Gasteiger partial charge < -0.3 is 4.74 Å². The first-order valence-corrected chi connectivity index (χ1v) is 14.0. The first-order chi connectivity index (χ1) is 16.5. The smallest absolute Gasteiger partial charge is 0.271 e. The summed E-state index contributed by atoms with van der Waals surface area (Å²) in [5.41, 5.74) is 5.67. The van der Waals surface area contributed by atoms with Crippen LogP contribution in [0.5, 0.6) is 5.75 Å². The van der Waals surface area contributed by atoms with Crippen LogP contribution in [0.2, 0.25) is 0 Å². The lowest BCUT2D eigenvalue weighted by molar-refractivity contribution is 0.409. The van der Waals surface area contributed by atoms with E-state index in [1.54, 1.807) is 18.4 Å². The molecule has 1 aliphatic carbocycles. The zero-order valence-electron chi connectivity index (χ0n) is 18.0. The topological polar surface area (TPSA) is 43.6 Å². The molecule has 4 nitrogen and oxygen atoms in total. The van der Waals surface area contributed by atoms with E-state index in [4.69, 9.17) is 9.73 Å². The van der Waals surface area contributed by atoms with Crippen LogP contribution in [0.4, 0.5) is 0 Å². The molecule has 2 aromatic carbocycles. The van der Waals surface area contributed by atoms with Crippen LogP contribution < -0.4 is 19.6 Å². The second-order valence-electron chi connectivity index (χ2n) is 8.15. The maximum absolute atomic E-state index is 13.8. The minimum absolute atomic E-state index is 0.00405. The molecule has 1 atom stereocenters. The zero-order chi connectivity index (χ0) is 23.4. The number of aromatic nitrogens is 1. The van der Waals surface area contributed by atoms with Gasteiger partial charge in [-0.05, 0) is 91.1 Å². The van der Waals surface area contributed by atoms with Crippen LogP contribution in [-0.4, -0.2) is 11.7 Å². The molecule has 2 aromatic heterocycles. The Hall–Kier alpha value is -2.26. The summed E-state index contributed by atoms with van der Waals surface area (Å²) < 4.78 is 9.63. The van der Waals surface area contributed by atoms with E-state index in [-0.39, 0.29) is 11.6 Å². The molecule has 0 radical (unpaired) electrons. The molecule has 6 rings (SSSR count). The molecule has 8 heteroatoms. The lowest BCUT2D eigenvalue weighted by Crippen LogP contribution is -2.38. The second kappa shape index (κ2) is 8.75. The standard InChI is InChI=1S/C26H18Br2N2O2S2/c1-32-24-18(27)11-14(12-19(24)28)13-21-25(31)30-23(20-7-4-10-33-20)17-9-8-15-5-2-3-6-16(15)22(17)29-26(30)34-21/h2-7,10-13,23H,8-9H2,1H3/b21-13-/t23-/m0/s1. The summed E-state index contributed by atoms with van der Waals surface area (Å²) in [6.45, 7) is 0. The number of thiophene rings is 1. The van der Waals surface area contributed by atoms with Crippen molar-refractivity contribution in [1.82, 2.24) is 4.57 Å². The number of benzene rings is 2. The molecule has 1 aliphatic heterocycles. The maximum atomic E-state index is 13.8. The van der Waals surface area contributed by atoms with E-state index in [1.807, 2.05) is 22.8 Å². The first kappa shape index (κ1) is 22.2. The van der Waals surface area contributed by atoms with Crippen LogP contribution in [0.15, 0.2) is 78.2 Å². The fourth-order valence-corrected chi connectivity index (χ4v) is 8.12. The number of fused-ring (bicyclic) bond motifs is 3. The molecule has 4 aromatic rings. The van der Waals surface area contributed by atoms with Crippen molar-refractivity contribution in [3.63, 3.8) is 0 Å². The third kappa shape index (κ3) is 3.59. The molecule has 2 aliphatic rings. The molecule has 0 saturated carbocycles. The highest BCUT2D eigenvalue weighted by Gasteiger charge is 2.33. The second-order valence-corrected chi connectivity index (χ2v) is 11.8. The largest absolute Gasteiger partial charge is 0.494 e.